The number of phenols is 2. The summed E-state index contributed by atoms with van der Waals surface area (Å²) >= 11 is 0. The van der Waals surface area contributed by atoms with Crippen LogP contribution in [0.15, 0.2) is 0 Å². The molecular weight excluding hydrogens is 336 g/mol. The lowest BCUT2D eigenvalue weighted by atomic mass is 9.49. The number of hydrogen-bond donors (Lipinski definition) is 3. The zero-order valence-corrected chi connectivity index (χ0v) is 15.3. The highest BCUT2D eigenvalue weighted by molar-refractivity contribution is 6.05. The van der Waals surface area contributed by atoms with Gasteiger partial charge in [-0.3, -0.25) is 9.59 Å². The van der Waals surface area contributed by atoms with Gasteiger partial charge in [0.05, 0.1) is 12.2 Å². The number of Topliss-reactive ketones (excluding diaryl/α,β-unsaturated/α-hetero) is 2. The van der Waals surface area contributed by atoms with E-state index in [1.807, 2.05) is 20.8 Å². The van der Waals surface area contributed by atoms with Crippen molar-refractivity contribution in [2.45, 2.75) is 58.0 Å². The summed E-state index contributed by atoms with van der Waals surface area (Å²) in [6, 6.07) is 0. The van der Waals surface area contributed by atoms with Crippen LogP contribution in [0.2, 0.25) is 0 Å². The first-order chi connectivity index (χ1) is 12.1. The first-order valence-electron chi connectivity index (χ1n) is 9.08. The van der Waals surface area contributed by atoms with Crippen molar-refractivity contribution in [1.29, 1.82) is 0 Å². The summed E-state index contributed by atoms with van der Waals surface area (Å²) in [6.45, 7) is 5.44. The van der Waals surface area contributed by atoms with Crippen LogP contribution >= 0.6 is 0 Å². The van der Waals surface area contributed by atoms with Gasteiger partial charge < -0.3 is 20.1 Å². The van der Waals surface area contributed by atoms with Crippen molar-refractivity contribution >= 4 is 11.6 Å². The van der Waals surface area contributed by atoms with E-state index in [1.165, 1.54) is 0 Å². The van der Waals surface area contributed by atoms with E-state index in [-0.39, 0.29) is 59.7 Å². The maximum atomic E-state index is 12.9. The number of ether oxygens (including phenoxy) is 1. The van der Waals surface area contributed by atoms with Gasteiger partial charge in [0, 0.05) is 41.2 Å². The minimum Gasteiger partial charge on any atom is -0.507 e. The molecule has 3 atom stereocenters. The number of carbonyl (C=O) groups excluding carboxylic acids is 2. The van der Waals surface area contributed by atoms with Crippen LogP contribution in [0.5, 0.6) is 17.2 Å². The van der Waals surface area contributed by atoms with Crippen LogP contribution in [0.1, 0.15) is 61.5 Å². The van der Waals surface area contributed by atoms with E-state index in [2.05, 4.69) is 0 Å². The Kier molecular flexibility index (Phi) is 3.48. The van der Waals surface area contributed by atoms with Gasteiger partial charge in [0.15, 0.2) is 17.3 Å². The highest BCUT2D eigenvalue weighted by Crippen LogP contribution is 2.61. The maximum Gasteiger partial charge on any atom is 0.168 e. The summed E-state index contributed by atoms with van der Waals surface area (Å²) in [5.74, 6) is -0.511. The molecule has 1 heterocycles. The van der Waals surface area contributed by atoms with E-state index in [0.717, 1.165) is 0 Å². The van der Waals surface area contributed by atoms with Gasteiger partial charge in [-0.15, -0.1) is 0 Å². The Labute approximate surface area is 151 Å². The second-order valence-corrected chi connectivity index (χ2v) is 8.62. The number of hydrogen-bond acceptors (Lipinski definition) is 6. The summed E-state index contributed by atoms with van der Waals surface area (Å²) in [4.78, 5) is 25.4. The van der Waals surface area contributed by atoms with Gasteiger partial charge in [-0.05, 0) is 12.3 Å². The van der Waals surface area contributed by atoms with Gasteiger partial charge in [-0.2, -0.15) is 0 Å². The average Bonchev–Trinajstić information content (AvgIpc) is 3.03. The number of aliphatic hydroxyl groups excluding tert-OH is 1. The number of aromatic hydroxyl groups is 2. The summed E-state index contributed by atoms with van der Waals surface area (Å²) in [6.07, 6.45) is 0.739. The van der Waals surface area contributed by atoms with Crippen LogP contribution in [0.25, 0.3) is 0 Å². The molecule has 1 saturated carbocycles. The maximum absolute atomic E-state index is 12.9. The summed E-state index contributed by atoms with van der Waals surface area (Å²) in [7, 11) is 0. The SMILES string of the molecule is CC1(C)C(=O)CC[C@]2(C)c3c(O)c4c(c(O)c3C(=O)C[C@H]12)C[C@H](CO)O4. The monoisotopic (exact) mass is 360 g/mol. The third kappa shape index (κ3) is 1.96. The van der Waals surface area contributed by atoms with E-state index in [1.54, 1.807) is 0 Å². The summed E-state index contributed by atoms with van der Waals surface area (Å²) < 4.78 is 5.63. The van der Waals surface area contributed by atoms with Crippen LogP contribution in [0, 0.1) is 11.3 Å². The Morgan fingerprint density at radius 1 is 1.12 bits per heavy atom. The normalized spacial score (nSPS) is 31.8. The van der Waals surface area contributed by atoms with E-state index in [4.69, 9.17) is 4.74 Å². The molecule has 4 rings (SSSR count). The first-order valence-corrected chi connectivity index (χ1v) is 9.08. The molecule has 0 spiro atoms. The number of phenolic OH excluding ortho intramolecular Hbond substituents is 2. The standard InChI is InChI=1S/C20H24O6/c1-19(2)12-7-11(22)14-15(20(12,3)5-4-13(19)23)17(25)18-10(16(14)24)6-9(8-21)26-18/h9,12,21,24-25H,4-8H2,1-3H3/t9-,12-,20+/m1/s1. The lowest BCUT2D eigenvalue weighted by Crippen LogP contribution is -2.53. The largest absolute Gasteiger partial charge is 0.507 e. The van der Waals surface area contributed by atoms with Crippen molar-refractivity contribution in [3.63, 3.8) is 0 Å². The van der Waals surface area contributed by atoms with Crippen LogP contribution in [-0.4, -0.2) is 39.6 Å². The third-order valence-electron chi connectivity index (χ3n) is 6.89. The number of aliphatic hydroxyl groups is 1. The summed E-state index contributed by atoms with van der Waals surface area (Å²) in [5, 5.41) is 31.2. The molecule has 2 aliphatic carbocycles. The quantitative estimate of drug-likeness (QED) is 0.664. The van der Waals surface area contributed by atoms with Gasteiger partial charge >= 0.3 is 0 Å². The van der Waals surface area contributed by atoms with Gasteiger partial charge in [0.2, 0.25) is 0 Å². The van der Waals surface area contributed by atoms with Crippen LogP contribution in [-0.2, 0) is 16.6 Å². The molecule has 3 aliphatic rings. The van der Waals surface area contributed by atoms with Crippen LogP contribution in [0.3, 0.4) is 0 Å². The van der Waals surface area contributed by atoms with Gasteiger partial charge in [-0.1, -0.05) is 20.8 Å². The molecule has 0 aromatic heterocycles. The second-order valence-electron chi connectivity index (χ2n) is 8.62. The van der Waals surface area contributed by atoms with Crippen molar-refractivity contribution in [2.75, 3.05) is 6.61 Å². The lowest BCUT2D eigenvalue weighted by Gasteiger charge is -2.52. The highest BCUT2D eigenvalue weighted by atomic mass is 16.5. The predicted octanol–water partition coefficient (Wildman–Crippen LogP) is 2.24. The fourth-order valence-corrected chi connectivity index (χ4v) is 5.36. The Morgan fingerprint density at radius 2 is 1.81 bits per heavy atom. The molecule has 26 heavy (non-hydrogen) atoms. The van der Waals surface area contributed by atoms with E-state index < -0.39 is 16.9 Å². The molecule has 140 valence electrons. The van der Waals surface area contributed by atoms with Gasteiger partial charge in [0.1, 0.15) is 17.6 Å². The molecule has 1 aliphatic heterocycles. The molecular formula is C20H24O6. The molecule has 1 aromatic rings. The molecule has 6 heteroatoms. The Morgan fingerprint density at radius 3 is 2.46 bits per heavy atom. The van der Waals surface area contributed by atoms with E-state index in [9.17, 15) is 24.9 Å². The smallest absolute Gasteiger partial charge is 0.168 e. The predicted molar refractivity (Wildman–Crippen MR) is 92.8 cm³/mol. The molecule has 0 radical (unpaired) electrons. The zero-order chi connectivity index (χ0) is 19.0. The van der Waals surface area contributed by atoms with Crippen molar-refractivity contribution < 1.29 is 29.6 Å². The topological polar surface area (TPSA) is 104 Å². The molecule has 1 fully saturated rings. The van der Waals surface area contributed by atoms with Gasteiger partial charge in [-0.25, -0.2) is 0 Å². The minimum absolute atomic E-state index is 0.123. The highest BCUT2D eigenvalue weighted by Gasteiger charge is 2.57. The molecule has 0 unspecified atom stereocenters. The zero-order valence-electron chi connectivity index (χ0n) is 15.3. The number of fused-ring (bicyclic) bond motifs is 4. The van der Waals surface area contributed by atoms with E-state index >= 15 is 0 Å². The second kappa shape index (κ2) is 5.22. The Hall–Kier alpha value is -2.08. The fraction of sp³-hybridized carbons (Fsp3) is 0.600. The Bertz CT molecular complexity index is 839. The number of carbonyl (C=O) groups is 2. The van der Waals surface area contributed by atoms with E-state index in [0.29, 0.717) is 24.0 Å². The lowest BCUT2D eigenvalue weighted by molar-refractivity contribution is -0.136. The molecule has 3 N–H and O–H groups in total. The molecule has 1 aromatic carbocycles. The van der Waals surface area contributed by atoms with Crippen molar-refractivity contribution in [2.24, 2.45) is 11.3 Å². The Balaban J connectivity index is 1.98. The number of benzene rings is 1. The van der Waals surface area contributed by atoms with Crippen LogP contribution in [0.4, 0.5) is 0 Å². The van der Waals surface area contributed by atoms with Crippen LogP contribution < -0.4 is 4.74 Å². The molecule has 0 bridgehead atoms. The molecule has 0 saturated heterocycles. The summed E-state index contributed by atoms with van der Waals surface area (Å²) in [5.41, 5.74) is -0.364. The number of ketones is 2. The average molecular weight is 360 g/mol. The molecule has 6 nitrogen and oxygen atoms in total. The fourth-order valence-electron chi connectivity index (χ4n) is 5.36. The van der Waals surface area contributed by atoms with Crippen molar-refractivity contribution in [1.82, 2.24) is 0 Å². The van der Waals surface area contributed by atoms with Crippen molar-refractivity contribution in [3.05, 3.63) is 16.7 Å². The van der Waals surface area contributed by atoms with Crippen molar-refractivity contribution in [3.8, 4) is 17.2 Å². The minimum atomic E-state index is -0.685. The molecule has 0 amide bonds. The number of rotatable bonds is 1. The van der Waals surface area contributed by atoms with Gasteiger partial charge in [0.25, 0.3) is 0 Å². The first kappa shape index (κ1) is 17.3. The third-order valence-corrected chi connectivity index (χ3v) is 6.89.